The van der Waals surface area contributed by atoms with E-state index in [0.29, 0.717) is 19.3 Å². The highest BCUT2D eigenvalue weighted by Gasteiger charge is 2.19. The van der Waals surface area contributed by atoms with Gasteiger partial charge in [-0.25, -0.2) is 0 Å². The quantitative estimate of drug-likeness (QED) is 0.0261. The lowest BCUT2D eigenvalue weighted by atomic mass is 10.0. The van der Waals surface area contributed by atoms with Crippen molar-refractivity contribution in [1.82, 2.24) is 0 Å². The first-order valence-corrected chi connectivity index (χ1v) is 36.8. The van der Waals surface area contributed by atoms with Crippen molar-refractivity contribution in [2.75, 3.05) is 13.2 Å². The van der Waals surface area contributed by atoms with Gasteiger partial charge in [-0.3, -0.25) is 14.4 Å². The molecule has 1 unspecified atom stereocenters. The highest BCUT2D eigenvalue weighted by molar-refractivity contribution is 5.71. The molecule has 0 radical (unpaired) electrons. The zero-order chi connectivity index (χ0) is 59.9. The van der Waals surface area contributed by atoms with Crippen LogP contribution in [0.25, 0.3) is 0 Å². The van der Waals surface area contributed by atoms with Crippen molar-refractivity contribution in [3.8, 4) is 0 Å². The predicted molar refractivity (Wildman–Crippen MR) is 362 cm³/mol. The van der Waals surface area contributed by atoms with Gasteiger partial charge in [-0.05, 0) is 83.5 Å². The maximum atomic E-state index is 12.9. The Balaban J connectivity index is 4.14. The fraction of sp³-hybridized carbons (Fsp3) is 0.831. The molecule has 0 bridgehead atoms. The highest BCUT2D eigenvalue weighted by atomic mass is 16.6. The minimum atomic E-state index is -0.774. The van der Waals surface area contributed by atoms with E-state index in [4.69, 9.17) is 14.2 Å². The van der Waals surface area contributed by atoms with Crippen LogP contribution in [0.2, 0.25) is 0 Å². The van der Waals surface area contributed by atoms with E-state index in [1.54, 1.807) is 0 Å². The lowest BCUT2D eigenvalue weighted by Crippen LogP contribution is -2.30. The minimum absolute atomic E-state index is 0.0699. The molecule has 0 rings (SSSR count). The van der Waals surface area contributed by atoms with Crippen LogP contribution in [0.3, 0.4) is 0 Å². The average molecular weight is 1160 g/mol. The minimum Gasteiger partial charge on any atom is -0.462 e. The molecule has 0 aliphatic carbocycles. The number of unbranched alkanes of at least 4 members (excludes halogenated alkanes) is 47. The van der Waals surface area contributed by atoms with Gasteiger partial charge >= 0.3 is 17.9 Å². The van der Waals surface area contributed by atoms with Crippen molar-refractivity contribution in [1.29, 1.82) is 0 Å². The molecule has 0 saturated carbocycles. The van der Waals surface area contributed by atoms with Crippen LogP contribution in [0.4, 0.5) is 0 Å². The van der Waals surface area contributed by atoms with Crippen molar-refractivity contribution >= 4 is 17.9 Å². The first-order chi connectivity index (χ1) is 41.0. The summed E-state index contributed by atoms with van der Waals surface area (Å²) >= 11 is 0. The molecule has 484 valence electrons. The van der Waals surface area contributed by atoms with Crippen LogP contribution in [-0.2, 0) is 28.6 Å². The fourth-order valence-corrected chi connectivity index (χ4v) is 11.0. The Morgan fingerprint density at radius 1 is 0.253 bits per heavy atom. The Labute approximate surface area is 517 Å². The summed E-state index contributed by atoms with van der Waals surface area (Å²) in [5, 5.41) is 0. The summed E-state index contributed by atoms with van der Waals surface area (Å²) in [5.41, 5.74) is 0. The third-order valence-corrected chi connectivity index (χ3v) is 16.5. The molecule has 0 N–H and O–H groups in total. The zero-order valence-electron chi connectivity index (χ0n) is 55.7. The Morgan fingerprint density at radius 2 is 0.470 bits per heavy atom. The normalized spacial score (nSPS) is 12.4. The molecule has 83 heavy (non-hydrogen) atoms. The van der Waals surface area contributed by atoms with Crippen LogP contribution < -0.4 is 0 Å². The van der Waals surface area contributed by atoms with Crippen molar-refractivity contribution in [3.05, 3.63) is 60.8 Å². The van der Waals surface area contributed by atoms with Crippen LogP contribution in [-0.4, -0.2) is 37.2 Å². The number of esters is 3. The number of ether oxygens (including phenoxy) is 3. The Morgan fingerprint density at radius 3 is 0.747 bits per heavy atom. The molecule has 0 aliphatic rings. The molecule has 6 nitrogen and oxygen atoms in total. The molecule has 0 aliphatic heterocycles. The van der Waals surface area contributed by atoms with Gasteiger partial charge in [0.1, 0.15) is 13.2 Å². The molecule has 0 aromatic heterocycles. The van der Waals surface area contributed by atoms with E-state index in [-0.39, 0.29) is 31.1 Å². The van der Waals surface area contributed by atoms with Crippen LogP contribution in [0, 0.1) is 0 Å². The topological polar surface area (TPSA) is 78.9 Å². The summed E-state index contributed by atoms with van der Waals surface area (Å²) in [4.78, 5) is 38.4. The lowest BCUT2D eigenvalue weighted by Gasteiger charge is -2.18. The van der Waals surface area contributed by atoms with E-state index in [1.165, 1.54) is 263 Å². The Bertz CT molecular complexity index is 1470. The van der Waals surface area contributed by atoms with E-state index in [0.717, 1.165) is 89.9 Å². The zero-order valence-corrected chi connectivity index (χ0v) is 55.7. The van der Waals surface area contributed by atoms with Gasteiger partial charge in [-0.15, -0.1) is 0 Å². The van der Waals surface area contributed by atoms with Gasteiger partial charge in [-0.2, -0.15) is 0 Å². The largest absolute Gasteiger partial charge is 0.462 e. The van der Waals surface area contributed by atoms with Gasteiger partial charge < -0.3 is 14.2 Å². The van der Waals surface area contributed by atoms with Gasteiger partial charge in [0.25, 0.3) is 0 Å². The molecule has 1 atom stereocenters. The standard InChI is InChI=1S/C77H140O6/c1-4-7-10-13-16-19-22-25-28-30-32-33-34-35-36-37-38-39-40-41-42-43-44-45-46-48-49-52-55-58-61-64-67-70-76(79)82-73-74(72-81-75(78)69-66-63-60-57-54-51-27-24-21-18-15-12-9-6-3)83-77(80)71-68-65-62-59-56-53-50-47-31-29-26-23-20-17-14-11-8-5-2/h7,10,16,19,24-25,27-28,32-33,74H,4-6,8-9,11-15,17-18,20-23,26,29-31,34-73H2,1-3H3/b10-7-,19-16-,27-24-,28-25-,33-32-. The molecule has 0 saturated heterocycles. The van der Waals surface area contributed by atoms with Crippen LogP contribution >= 0.6 is 0 Å². The molecule has 0 spiro atoms. The molecule has 6 heteroatoms. The van der Waals surface area contributed by atoms with Gasteiger partial charge in [0.15, 0.2) is 6.10 Å². The second-order valence-corrected chi connectivity index (χ2v) is 24.8. The first-order valence-electron chi connectivity index (χ1n) is 36.8. The van der Waals surface area contributed by atoms with E-state index in [9.17, 15) is 14.4 Å². The third kappa shape index (κ3) is 69.8. The van der Waals surface area contributed by atoms with E-state index < -0.39 is 6.10 Å². The Kier molecular flexibility index (Phi) is 69.1. The molecule has 0 fully saturated rings. The number of carbonyl (C=O) groups is 3. The van der Waals surface area contributed by atoms with Crippen LogP contribution in [0.1, 0.15) is 393 Å². The number of hydrogen-bond donors (Lipinski definition) is 0. The summed E-state index contributed by atoms with van der Waals surface area (Å²) in [6.07, 6.45) is 92.7. The van der Waals surface area contributed by atoms with E-state index >= 15 is 0 Å². The summed E-state index contributed by atoms with van der Waals surface area (Å²) in [6.45, 7) is 6.58. The average Bonchev–Trinajstić information content (AvgIpc) is 3.49. The lowest BCUT2D eigenvalue weighted by molar-refractivity contribution is -0.167. The number of carbonyl (C=O) groups excluding carboxylic acids is 3. The van der Waals surface area contributed by atoms with E-state index in [2.05, 4.69) is 81.5 Å². The first kappa shape index (κ1) is 80.1. The smallest absolute Gasteiger partial charge is 0.306 e. The molecule has 0 amide bonds. The highest BCUT2D eigenvalue weighted by Crippen LogP contribution is 2.19. The monoisotopic (exact) mass is 1160 g/mol. The predicted octanol–water partition coefficient (Wildman–Crippen LogP) is 25.5. The third-order valence-electron chi connectivity index (χ3n) is 16.5. The van der Waals surface area contributed by atoms with Crippen molar-refractivity contribution in [3.63, 3.8) is 0 Å². The number of rotatable bonds is 68. The maximum Gasteiger partial charge on any atom is 0.306 e. The molecular weight excluding hydrogens is 1020 g/mol. The van der Waals surface area contributed by atoms with Gasteiger partial charge in [0, 0.05) is 19.3 Å². The Hall–Kier alpha value is -2.89. The number of allylic oxidation sites excluding steroid dienone is 10. The SMILES string of the molecule is CC/C=C\C/C=C\C/C=C\C/C=C\CCCCCCCCCCCCCCCCCCCCCCC(=O)OCC(COC(=O)CCCCCCC/C=C\CCCCCCC)OC(=O)CCCCCCCCCCCCCCCCCCCC. The summed E-state index contributed by atoms with van der Waals surface area (Å²) in [7, 11) is 0. The fourth-order valence-electron chi connectivity index (χ4n) is 11.0. The molecule has 0 aromatic rings. The van der Waals surface area contributed by atoms with Gasteiger partial charge in [-0.1, -0.05) is 351 Å². The molecular formula is C77H140O6. The van der Waals surface area contributed by atoms with Crippen LogP contribution in [0.5, 0.6) is 0 Å². The summed E-state index contributed by atoms with van der Waals surface area (Å²) < 4.78 is 17.0. The van der Waals surface area contributed by atoms with Gasteiger partial charge in [0.05, 0.1) is 0 Å². The molecule has 0 aromatic carbocycles. The van der Waals surface area contributed by atoms with E-state index in [1.807, 2.05) is 0 Å². The van der Waals surface area contributed by atoms with Crippen molar-refractivity contribution in [2.45, 2.75) is 399 Å². The van der Waals surface area contributed by atoms with Gasteiger partial charge in [0.2, 0.25) is 0 Å². The second-order valence-electron chi connectivity index (χ2n) is 24.8. The van der Waals surface area contributed by atoms with Crippen molar-refractivity contribution in [2.24, 2.45) is 0 Å². The summed E-state index contributed by atoms with van der Waals surface area (Å²) in [6, 6.07) is 0. The molecule has 0 heterocycles. The number of hydrogen-bond acceptors (Lipinski definition) is 6. The second kappa shape index (κ2) is 71.6. The summed E-state index contributed by atoms with van der Waals surface area (Å²) in [5.74, 6) is -0.849. The van der Waals surface area contributed by atoms with Crippen molar-refractivity contribution < 1.29 is 28.6 Å². The maximum absolute atomic E-state index is 12.9. The van der Waals surface area contributed by atoms with Crippen LogP contribution in [0.15, 0.2) is 60.8 Å².